The van der Waals surface area contributed by atoms with Gasteiger partial charge in [-0.25, -0.2) is 4.98 Å². The zero-order valence-electron chi connectivity index (χ0n) is 14.5. The molecule has 7 heteroatoms. The molecule has 1 aromatic carbocycles. The van der Waals surface area contributed by atoms with Gasteiger partial charge in [-0.2, -0.15) is 0 Å². The van der Waals surface area contributed by atoms with Crippen LogP contribution in [-0.4, -0.2) is 15.8 Å². The molecule has 6 nitrogen and oxygen atoms in total. The minimum absolute atomic E-state index is 0.0493. The van der Waals surface area contributed by atoms with E-state index in [0.29, 0.717) is 11.0 Å². The number of aryl methyl sites for hydroxylation is 1. The van der Waals surface area contributed by atoms with Crippen LogP contribution in [0.3, 0.4) is 0 Å². The summed E-state index contributed by atoms with van der Waals surface area (Å²) in [5.74, 6) is 0.0756. The van der Waals surface area contributed by atoms with Crippen molar-refractivity contribution in [3.05, 3.63) is 50.5 Å². The number of nitrogens with one attached hydrogen (secondary N) is 1. The number of aromatic nitrogens is 1. The lowest BCUT2D eigenvalue weighted by Gasteiger charge is -2.33. The minimum atomic E-state index is -0.546. The molecule has 1 atom stereocenters. The maximum absolute atomic E-state index is 12.4. The van der Waals surface area contributed by atoms with E-state index >= 15 is 0 Å². The number of hydrogen-bond donors (Lipinski definition) is 1. The van der Waals surface area contributed by atoms with Gasteiger partial charge in [0, 0.05) is 10.9 Å². The first kappa shape index (κ1) is 17.5. The van der Waals surface area contributed by atoms with E-state index in [1.807, 2.05) is 0 Å². The zero-order chi connectivity index (χ0) is 18.2. The van der Waals surface area contributed by atoms with E-state index in [-0.39, 0.29) is 16.7 Å². The monoisotopic (exact) mass is 359 g/mol. The van der Waals surface area contributed by atoms with Gasteiger partial charge in [-0.15, -0.1) is 11.3 Å². The van der Waals surface area contributed by atoms with Gasteiger partial charge in [0.2, 0.25) is 0 Å². The van der Waals surface area contributed by atoms with Crippen LogP contribution in [0, 0.1) is 21.4 Å². The number of nitro groups is 1. The number of carbonyl (C=O) groups is 1. The molecule has 3 rings (SSSR count). The van der Waals surface area contributed by atoms with Crippen LogP contribution in [0.25, 0.3) is 0 Å². The van der Waals surface area contributed by atoms with Crippen molar-refractivity contribution in [3.8, 4) is 0 Å². The highest BCUT2D eigenvalue weighted by Crippen LogP contribution is 2.39. The second-order valence-electron chi connectivity index (χ2n) is 7.42. The maximum atomic E-state index is 12.4. The second kappa shape index (κ2) is 6.55. The number of benzene rings is 1. The quantitative estimate of drug-likeness (QED) is 0.648. The van der Waals surface area contributed by atoms with E-state index in [2.05, 4.69) is 31.1 Å². The van der Waals surface area contributed by atoms with Gasteiger partial charge < -0.3 is 0 Å². The van der Waals surface area contributed by atoms with Gasteiger partial charge in [-0.1, -0.05) is 32.9 Å². The highest BCUT2D eigenvalue weighted by Gasteiger charge is 2.31. The molecule has 0 aliphatic heterocycles. The fraction of sp³-hybridized carbons (Fsp3) is 0.444. The number of amides is 1. The summed E-state index contributed by atoms with van der Waals surface area (Å²) < 4.78 is 0. The number of anilines is 1. The van der Waals surface area contributed by atoms with Gasteiger partial charge in [0.25, 0.3) is 11.6 Å². The predicted molar refractivity (Wildman–Crippen MR) is 98.1 cm³/mol. The van der Waals surface area contributed by atoms with Gasteiger partial charge >= 0.3 is 0 Å². The first-order valence-corrected chi connectivity index (χ1v) is 9.10. The fourth-order valence-electron chi connectivity index (χ4n) is 3.16. The highest BCUT2D eigenvalue weighted by atomic mass is 32.1. The summed E-state index contributed by atoms with van der Waals surface area (Å²) in [7, 11) is 0. The molecule has 1 aromatic heterocycles. The summed E-state index contributed by atoms with van der Waals surface area (Å²) in [6, 6.07) is 5.94. The molecule has 1 N–H and O–H groups in total. The summed E-state index contributed by atoms with van der Waals surface area (Å²) >= 11 is 1.47. The molecule has 1 heterocycles. The summed E-state index contributed by atoms with van der Waals surface area (Å²) in [6.07, 6.45) is 3.00. The number of para-hydroxylation sites is 1. The molecule has 0 saturated heterocycles. The van der Waals surface area contributed by atoms with Crippen LogP contribution >= 0.6 is 11.3 Å². The molecule has 132 valence electrons. The smallest absolute Gasteiger partial charge is 0.282 e. The summed E-state index contributed by atoms with van der Waals surface area (Å²) in [5, 5.41) is 14.3. The molecule has 0 saturated carbocycles. The van der Waals surface area contributed by atoms with Crippen LogP contribution in [0.4, 0.5) is 10.8 Å². The van der Waals surface area contributed by atoms with Crippen molar-refractivity contribution >= 4 is 28.1 Å². The van der Waals surface area contributed by atoms with E-state index in [1.54, 1.807) is 12.1 Å². The lowest BCUT2D eigenvalue weighted by Crippen LogP contribution is -2.26. The Hall–Kier alpha value is -2.28. The molecule has 1 aliphatic rings. The lowest BCUT2D eigenvalue weighted by molar-refractivity contribution is -0.385. The normalized spacial score (nSPS) is 17.0. The standard InChI is InChI=1S/C18H21N3O3S/c1-18(2,3)11-8-9-15-13(10-11)19-17(25-15)20-16(22)12-6-4-5-7-14(12)21(23)24/h4-7,11H,8-10H2,1-3H3,(H,19,20,22)/t11-/m0/s1. The minimum Gasteiger partial charge on any atom is -0.298 e. The molecule has 0 unspecified atom stereocenters. The van der Waals surface area contributed by atoms with Gasteiger partial charge in [-0.3, -0.25) is 20.2 Å². The molecule has 0 bridgehead atoms. The Labute approximate surface area is 150 Å². The molecule has 2 aromatic rings. The molecule has 0 fully saturated rings. The zero-order valence-corrected chi connectivity index (χ0v) is 15.4. The summed E-state index contributed by atoms with van der Waals surface area (Å²) in [4.78, 5) is 28.7. The summed E-state index contributed by atoms with van der Waals surface area (Å²) in [6.45, 7) is 6.73. The molecule has 0 spiro atoms. The van der Waals surface area contributed by atoms with E-state index in [1.165, 1.54) is 28.3 Å². The Morgan fingerprint density at radius 3 is 2.76 bits per heavy atom. The Morgan fingerprint density at radius 1 is 1.36 bits per heavy atom. The maximum Gasteiger partial charge on any atom is 0.282 e. The van der Waals surface area contributed by atoms with Crippen molar-refractivity contribution in [2.24, 2.45) is 11.3 Å². The molecular weight excluding hydrogens is 338 g/mol. The third-order valence-corrected chi connectivity index (χ3v) is 5.80. The van der Waals surface area contributed by atoms with Crippen molar-refractivity contribution < 1.29 is 9.72 Å². The van der Waals surface area contributed by atoms with E-state index in [0.717, 1.165) is 25.0 Å². The van der Waals surface area contributed by atoms with E-state index in [4.69, 9.17) is 0 Å². The van der Waals surface area contributed by atoms with E-state index in [9.17, 15) is 14.9 Å². The number of nitro benzene ring substituents is 1. The average Bonchev–Trinajstić information content (AvgIpc) is 2.95. The SMILES string of the molecule is CC(C)(C)[C@H]1CCc2sc(NC(=O)c3ccccc3[N+](=O)[O-])nc2C1. The lowest BCUT2D eigenvalue weighted by atomic mass is 9.73. The Balaban J connectivity index is 1.79. The third-order valence-electron chi connectivity index (χ3n) is 4.73. The summed E-state index contributed by atoms with van der Waals surface area (Å²) in [5.41, 5.74) is 1.13. The number of thiazole rings is 1. The van der Waals surface area contributed by atoms with Gasteiger partial charge in [0.1, 0.15) is 5.56 Å². The van der Waals surface area contributed by atoms with Crippen molar-refractivity contribution in [2.75, 3.05) is 5.32 Å². The van der Waals surface area contributed by atoms with E-state index < -0.39 is 10.8 Å². The van der Waals surface area contributed by atoms with Crippen LogP contribution in [0.5, 0.6) is 0 Å². The highest BCUT2D eigenvalue weighted by molar-refractivity contribution is 7.15. The molecule has 0 radical (unpaired) electrons. The molecule has 1 amide bonds. The van der Waals surface area contributed by atoms with Crippen LogP contribution in [0.2, 0.25) is 0 Å². The van der Waals surface area contributed by atoms with Crippen LogP contribution in [-0.2, 0) is 12.8 Å². The predicted octanol–water partition coefficient (Wildman–Crippen LogP) is 4.45. The number of carbonyl (C=O) groups excluding carboxylic acids is 1. The molecular formula is C18H21N3O3S. The Morgan fingerprint density at radius 2 is 2.08 bits per heavy atom. The fourth-order valence-corrected chi connectivity index (χ4v) is 4.16. The first-order valence-electron chi connectivity index (χ1n) is 8.29. The largest absolute Gasteiger partial charge is 0.298 e. The topological polar surface area (TPSA) is 85.1 Å². The number of rotatable bonds is 3. The number of nitrogens with zero attached hydrogens (tertiary/aromatic N) is 2. The van der Waals surface area contributed by atoms with Crippen molar-refractivity contribution in [1.82, 2.24) is 4.98 Å². The number of hydrogen-bond acceptors (Lipinski definition) is 5. The molecule has 25 heavy (non-hydrogen) atoms. The third kappa shape index (κ3) is 3.71. The van der Waals surface area contributed by atoms with Gasteiger partial charge in [0.15, 0.2) is 5.13 Å². The van der Waals surface area contributed by atoms with Crippen LogP contribution < -0.4 is 5.32 Å². The Bertz CT molecular complexity index is 823. The van der Waals surface area contributed by atoms with Crippen molar-refractivity contribution in [1.29, 1.82) is 0 Å². The first-order chi connectivity index (χ1) is 11.8. The van der Waals surface area contributed by atoms with Crippen LogP contribution in [0.1, 0.15) is 48.1 Å². The van der Waals surface area contributed by atoms with Gasteiger partial charge in [-0.05, 0) is 36.7 Å². The number of fused-ring (bicyclic) bond motifs is 1. The van der Waals surface area contributed by atoms with Gasteiger partial charge in [0.05, 0.1) is 10.6 Å². The van der Waals surface area contributed by atoms with Crippen molar-refractivity contribution in [3.63, 3.8) is 0 Å². The molecule has 1 aliphatic carbocycles. The van der Waals surface area contributed by atoms with Crippen LogP contribution in [0.15, 0.2) is 24.3 Å². The van der Waals surface area contributed by atoms with Crippen molar-refractivity contribution in [2.45, 2.75) is 40.0 Å². The Kier molecular flexibility index (Phi) is 4.60. The second-order valence-corrected chi connectivity index (χ2v) is 8.51. The average molecular weight is 359 g/mol.